The van der Waals surface area contributed by atoms with Gasteiger partial charge in [0.1, 0.15) is 16.7 Å². The highest BCUT2D eigenvalue weighted by molar-refractivity contribution is 6.04. The molecule has 3 aromatic heterocycles. The quantitative estimate of drug-likeness (QED) is 0.504. The summed E-state index contributed by atoms with van der Waals surface area (Å²) in [5.41, 5.74) is 3.47. The third-order valence-electron chi connectivity index (χ3n) is 5.13. The van der Waals surface area contributed by atoms with Crippen molar-refractivity contribution < 1.29 is 0 Å². The minimum Gasteiger partial charge on any atom is -0.304 e. The molecule has 1 aromatic carbocycles. The van der Waals surface area contributed by atoms with E-state index in [9.17, 15) is 4.79 Å². The predicted molar refractivity (Wildman–Crippen MR) is 109 cm³/mol. The van der Waals surface area contributed by atoms with Crippen molar-refractivity contribution in [2.24, 2.45) is 0 Å². The van der Waals surface area contributed by atoms with Crippen molar-refractivity contribution in [3.05, 3.63) is 53.1 Å². The van der Waals surface area contributed by atoms with E-state index >= 15 is 0 Å². The third-order valence-corrected chi connectivity index (χ3v) is 5.13. The number of para-hydroxylation sites is 2. The lowest BCUT2D eigenvalue weighted by atomic mass is 10.2. The van der Waals surface area contributed by atoms with Gasteiger partial charge in [-0.1, -0.05) is 32.1 Å². The Morgan fingerprint density at radius 2 is 1.81 bits per heavy atom. The zero-order valence-corrected chi connectivity index (χ0v) is 15.9. The summed E-state index contributed by atoms with van der Waals surface area (Å²) in [7, 11) is 0. The Kier molecular flexibility index (Phi) is 4.26. The summed E-state index contributed by atoms with van der Waals surface area (Å²) in [6.07, 6.45) is 3.34. The summed E-state index contributed by atoms with van der Waals surface area (Å²) in [5.74, 6) is 0.791. The number of hydrogen-bond donors (Lipinski definition) is 0. The van der Waals surface area contributed by atoms with Crippen LogP contribution in [0.1, 0.15) is 39.1 Å². The van der Waals surface area contributed by atoms with Gasteiger partial charge in [0.25, 0.3) is 5.56 Å². The minimum atomic E-state index is -0.0383. The van der Waals surface area contributed by atoms with E-state index in [2.05, 4.69) is 20.4 Å². The molecule has 0 aliphatic rings. The van der Waals surface area contributed by atoms with Gasteiger partial charge in [0.2, 0.25) is 0 Å². The molecule has 0 aliphatic heterocycles. The van der Waals surface area contributed by atoms with Gasteiger partial charge in [-0.3, -0.25) is 9.36 Å². The summed E-state index contributed by atoms with van der Waals surface area (Å²) >= 11 is 0. The van der Waals surface area contributed by atoms with Crippen molar-refractivity contribution in [2.45, 2.75) is 46.2 Å². The van der Waals surface area contributed by atoms with Crippen LogP contribution in [0, 0.1) is 0 Å². The molecule has 6 nitrogen and oxygen atoms in total. The van der Waals surface area contributed by atoms with Crippen LogP contribution < -0.4 is 5.56 Å². The van der Waals surface area contributed by atoms with E-state index in [4.69, 9.17) is 15.0 Å². The second kappa shape index (κ2) is 6.61. The maximum absolute atomic E-state index is 13.5. The molecule has 0 saturated carbocycles. The van der Waals surface area contributed by atoms with E-state index in [0.29, 0.717) is 35.2 Å². The van der Waals surface area contributed by atoms with Crippen LogP contribution in [0.3, 0.4) is 0 Å². The second-order valence-electron chi connectivity index (χ2n) is 6.80. The molecule has 4 rings (SSSR count). The van der Waals surface area contributed by atoms with Crippen LogP contribution in [0.25, 0.3) is 33.2 Å². The van der Waals surface area contributed by atoms with Crippen LogP contribution >= 0.6 is 0 Å². The van der Waals surface area contributed by atoms with E-state index in [0.717, 1.165) is 23.3 Å². The summed E-state index contributed by atoms with van der Waals surface area (Å²) in [4.78, 5) is 27.9. The molecular weight excluding hydrogens is 338 g/mol. The fourth-order valence-electron chi connectivity index (χ4n) is 3.60. The SMILES string of the molecule is C=CCn1c2nc3ccccc3nc2c2c(=O)n(C(C)CC)c(CC)nc21. The maximum Gasteiger partial charge on any atom is 0.265 e. The zero-order valence-electron chi connectivity index (χ0n) is 15.9. The highest BCUT2D eigenvalue weighted by atomic mass is 16.1. The van der Waals surface area contributed by atoms with Gasteiger partial charge in [0.05, 0.1) is 11.0 Å². The molecule has 6 heteroatoms. The van der Waals surface area contributed by atoms with Crippen molar-refractivity contribution in [1.29, 1.82) is 0 Å². The van der Waals surface area contributed by atoms with Crippen LogP contribution in [0.5, 0.6) is 0 Å². The zero-order chi connectivity index (χ0) is 19.1. The first-order chi connectivity index (χ1) is 13.1. The number of aryl methyl sites for hydroxylation is 1. The van der Waals surface area contributed by atoms with Crippen molar-refractivity contribution in [1.82, 2.24) is 24.1 Å². The first-order valence-electron chi connectivity index (χ1n) is 9.41. The van der Waals surface area contributed by atoms with Crippen molar-refractivity contribution in [2.75, 3.05) is 0 Å². The molecule has 0 spiro atoms. The molecule has 4 aromatic rings. The van der Waals surface area contributed by atoms with Crippen LogP contribution in [0.2, 0.25) is 0 Å². The highest BCUT2D eigenvalue weighted by Gasteiger charge is 2.22. The molecule has 0 bridgehead atoms. The normalized spacial score (nSPS) is 12.9. The second-order valence-corrected chi connectivity index (χ2v) is 6.80. The monoisotopic (exact) mass is 361 g/mol. The van der Waals surface area contributed by atoms with Gasteiger partial charge in [-0.05, 0) is 25.5 Å². The number of nitrogens with zero attached hydrogens (tertiary/aromatic N) is 5. The Hall–Kier alpha value is -3.02. The van der Waals surface area contributed by atoms with Crippen LogP contribution in [0.4, 0.5) is 0 Å². The van der Waals surface area contributed by atoms with Crippen LogP contribution in [0.15, 0.2) is 41.7 Å². The lowest BCUT2D eigenvalue weighted by Crippen LogP contribution is -2.28. The molecule has 3 heterocycles. The smallest absolute Gasteiger partial charge is 0.265 e. The van der Waals surface area contributed by atoms with E-state index in [1.54, 1.807) is 6.08 Å². The van der Waals surface area contributed by atoms with Crippen LogP contribution in [-0.4, -0.2) is 24.1 Å². The molecular formula is C21H23N5O. The number of fused-ring (bicyclic) bond motifs is 4. The molecule has 27 heavy (non-hydrogen) atoms. The van der Waals surface area contributed by atoms with E-state index in [-0.39, 0.29) is 11.6 Å². The third kappa shape index (κ3) is 2.55. The molecule has 0 saturated heterocycles. The lowest BCUT2D eigenvalue weighted by Gasteiger charge is -2.17. The first-order valence-corrected chi connectivity index (χ1v) is 9.41. The molecule has 0 fully saturated rings. The predicted octanol–water partition coefficient (Wildman–Crippen LogP) is 4.01. The minimum absolute atomic E-state index is 0.0383. The van der Waals surface area contributed by atoms with Crippen molar-refractivity contribution in [3.63, 3.8) is 0 Å². The van der Waals surface area contributed by atoms with Crippen molar-refractivity contribution >= 4 is 33.2 Å². The van der Waals surface area contributed by atoms with Gasteiger partial charge >= 0.3 is 0 Å². The molecule has 138 valence electrons. The van der Waals surface area contributed by atoms with E-state index < -0.39 is 0 Å². The Bertz CT molecular complexity index is 1230. The fraction of sp³-hybridized carbons (Fsp3) is 0.333. The molecule has 1 unspecified atom stereocenters. The Balaban J connectivity index is 2.24. The largest absolute Gasteiger partial charge is 0.304 e. The lowest BCUT2D eigenvalue weighted by molar-refractivity contribution is 0.488. The number of allylic oxidation sites excluding steroid dienone is 1. The average molecular weight is 361 g/mol. The summed E-state index contributed by atoms with van der Waals surface area (Å²) in [6, 6.07) is 7.79. The molecule has 0 aliphatic carbocycles. The van der Waals surface area contributed by atoms with Gasteiger partial charge < -0.3 is 4.57 Å². The van der Waals surface area contributed by atoms with Gasteiger partial charge in [-0.25, -0.2) is 15.0 Å². The summed E-state index contributed by atoms with van der Waals surface area (Å²) < 4.78 is 3.76. The van der Waals surface area contributed by atoms with Gasteiger partial charge in [-0.15, -0.1) is 6.58 Å². The number of aromatic nitrogens is 5. The van der Waals surface area contributed by atoms with Gasteiger partial charge in [-0.2, -0.15) is 0 Å². The molecule has 1 atom stereocenters. The van der Waals surface area contributed by atoms with E-state index in [1.165, 1.54) is 0 Å². The van der Waals surface area contributed by atoms with Crippen LogP contribution in [-0.2, 0) is 13.0 Å². The summed E-state index contributed by atoms with van der Waals surface area (Å²) in [5, 5.41) is 0.544. The number of benzene rings is 1. The first kappa shape index (κ1) is 17.4. The Morgan fingerprint density at radius 3 is 2.44 bits per heavy atom. The number of rotatable bonds is 5. The molecule has 0 amide bonds. The molecule has 0 N–H and O–H groups in total. The Labute approximate surface area is 157 Å². The maximum atomic E-state index is 13.5. The molecule has 0 radical (unpaired) electrons. The number of hydrogen-bond acceptors (Lipinski definition) is 4. The van der Waals surface area contributed by atoms with E-state index in [1.807, 2.05) is 40.3 Å². The van der Waals surface area contributed by atoms with Gasteiger partial charge in [0.15, 0.2) is 11.3 Å². The highest BCUT2D eigenvalue weighted by Crippen LogP contribution is 2.26. The average Bonchev–Trinajstić information content (AvgIpc) is 2.98. The summed E-state index contributed by atoms with van der Waals surface area (Å²) in [6.45, 7) is 10.5. The topological polar surface area (TPSA) is 65.6 Å². The fourth-order valence-corrected chi connectivity index (χ4v) is 3.60. The van der Waals surface area contributed by atoms with Gasteiger partial charge in [0, 0.05) is 19.0 Å². The standard InChI is InChI=1S/C21H23N5O/c1-5-12-25-19-17(21(27)26(13(4)6-2)16(7-3)24-19)18-20(25)23-15-11-9-8-10-14(15)22-18/h5,8-11,13H,1,6-7,12H2,2-4H3. The van der Waals surface area contributed by atoms with Crippen molar-refractivity contribution in [3.8, 4) is 0 Å². The Morgan fingerprint density at radius 1 is 1.11 bits per heavy atom.